The summed E-state index contributed by atoms with van der Waals surface area (Å²) < 4.78 is 0. The van der Waals surface area contributed by atoms with Crippen molar-refractivity contribution in [2.75, 3.05) is 6.54 Å². The second-order valence-corrected chi connectivity index (χ2v) is 6.11. The molecule has 0 aliphatic heterocycles. The van der Waals surface area contributed by atoms with Gasteiger partial charge in [0.15, 0.2) is 0 Å². The average Bonchev–Trinajstić information content (AvgIpc) is 2.44. The Bertz CT molecular complexity index is 337. The molecule has 0 bridgehead atoms. The molecule has 124 valence electrons. The highest BCUT2D eigenvalue weighted by Crippen LogP contribution is 2.26. The molecule has 2 amide bonds. The largest absolute Gasteiger partial charge is 0.352 e. The fraction of sp³-hybridized carbons (Fsp3) is 0.867. The number of halogens is 1. The van der Waals surface area contributed by atoms with E-state index in [1.807, 2.05) is 13.8 Å². The van der Waals surface area contributed by atoms with Gasteiger partial charge in [-0.05, 0) is 24.7 Å². The fourth-order valence-corrected chi connectivity index (χ4v) is 2.73. The predicted molar refractivity (Wildman–Crippen MR) is 87.3 cm³/mol. The third kappa shape index (κ3) is 6.66. The Labute approximate surface area is 134 Å². The summed E-state index contributed by atoms with van der Waals surface area (Å²) in [6.07, 6.45) is 5.75. The summed E-state index contributed by atoms with van der Waals surface area (Å²) in [6, 6.07) is -0.294. The predicted octanol–water partition coefficient (Wildman–Crippen LogP) is 1.59. The van der Waals surface area contributed by atoms with Gasteiger partial charge in [0.25, 0.3) is 0 Å². The Balaban J connectivity index is 0.00000400. The van der Waals surface area contributed by atoms with Crippen molar-refractivity contribution in [1.29, 1.82) is 0 Å². The van der Waals surface area contributed by atoms with Gasteiger partial charge < -0.3 is 16.4 Å². The molecule has 5 nitrogen and oxygen atoms in total. The van der Waals surface area contributed by atoms with Crippen LogP contribution >= 0.6 is 12.4 Å². The molecule has 2 unspecified atom stereocenters. The van der Waals surface area contributed by atoms with Crippen LogP contribution in [0.2, 0.25) is 0 Å². The topological polar surface area (TPSA) is 84.2 Å². The molecule has 0 aromatic heterocycles. The summed E-state index contributed by atoms with van der Waals surface area (Å²) in [5.74, 6) is 0.271. The SMILES string of the molecule is CCC1CCCCC1NC(=O)CNC(=O)[C@@H](N)C(C)C.Cl. The standard InChI is InChI=1S/C15H29N3O2.ClH/c1-4-11-7-5-6-8-12(11)18-13(19)9-17-15(20)14(16)10(2)3;/h10-12,14H,4-9,16H2,1-3H3,(H,17,20)(H,18,19);1H/t11?,12?,14-;/m0./s1. The molecule has 0 spiro atoms. The van der Waals surface area contributed by atoms with Gasteiger partial charge in [0.1, 0.15) is 0 Å². The quantitative estimate of drug-likeness (QED) is 0.695. The van der Waals surface area contributed by atoms with E-state index in [2.05, 4.69) is 17.6 Å². The molecule has 0 radical (unpaired) electrons. The maximum absolute atomic E-state index is 11.9. The molecule has 3 atom stereocenters. The van der Waals surface area contributed by atoms with E-state index >= 15 is 0 Å². The maximum atomic E-state index is 11.9. The Morgan fingerprint density at radius 2 is 1.86 bits per heavy atom. The van der Waals surface area contributed by atoms with Gasteiger partial charge in [-0.15, -0.1) is 12.4 Å². The second kappa shape index (κ2) is 10.0. The van der Waals surface area contributed by atoms with Crippen LogP contribution in [0.1, 0.15) is 52.9 Å². The highest BCUT2D eigenvalue weighted by molar-refractivity contribution is 5.87. The molecule has 1 saturated carbocycles. The van der Waals surface area contributed by atoms with Gasteiger partial charge in [0.2, 0.25) is 11.8 Å². The molecule has 0 aromatic carbocycles. The van der Waals surface area contributed by atoms with Crippen LogP contribution in [0.25, 0.3) is 0 Å². The molecule has 1 rings (SSSR count). The van der Waals surface area contributed by atoms with Crippen LogP contribution in [0.5, 0.6) is 0 Å². The molecule has 0 saturated heterocycles. The minimum absolute atomic E-state index is 0. The molecular weight excluding hydrogens is 290 g/mol. The lowest BCUT2D eigenvalue weighted by molar-refractivity contribution is -0.127. The normalized spacial score (nSPS) is 23.1. The molecular formula is C15H30ClN3O2. The maximum Gasteiger partial charge on any atom is 0.239 e. The molecule has 6 heteroatoms. The van der Waals surface area contributed by atoms with E-state index in [1.54, 1.807) is 0 Å². The lowest BCUT2D eigenvalue weighted by Crippen LogP contribution is -2.49. The van der Waals surface area contributed by atoms with Crippen LogP contribution in [0, 0.1) is 11.8 Å². The number of nitrogens with two attached hydrogens (primary N) is 1. The van der Waals surface area contributed by atoms with Crippen molar-refractivity contribution in [3.63, 3.8) is 0 Å². The van der Waals surface area contributed by atoms with E-state index in [0.29, 0.717) is 5.92 Å². The van der Waals surface area contributed by atoms with E-state index in [9.17, 15) is 9.59 Å². The highest BCUT2D eigenvalue weighted by Gasteiger charge is 2.25. The van der Waals surface area contributed by atoms with Crippen LogP contribution in [0.4, 0.5) is 0 Å². The highest BCUT2D eigenvalue weighted by atomic mass is 35.5. The summed E-state index contributed by atoms with van der Waals surface area (Å²) in [5, 5.41) is 5.66. The first-order valence-corrected chi connectivity index (χ1v) is 7.78. The van der Waals surface area contributed by atoms with Crippen LogP contribution in [-0.4, -0.2) is 30.4 Å². The number of carbonyl (C=O) groups excluding carboxylic acids is 2. The molecule has 0 heterocycles. The van der Waals surface area contributed by atoms with Crippen LogP contribution < -0.4 is 16.4 Å². The molecule has 0 aromatic rings. The fourth-order valence-electron chi connectivity index (χ4n) is 2.73. The summed E-state index contributed by atoms with van der Waals surface area (Å²) in [7, 11) is 0. The van der Waals surface area contributed by atoms with Crippen molar-refractivity contribution in [2.45, 2.75) is 65.0 Å². The minimum atomic E-state index is -0.555. The number of rotatable bonds is 6. The van der Waals surface area contributed by atoms with Gasteiger partial charge in [0.05, 0.1) is 12.6 Å². The Kier molecular flexibility index (Phi) is 9.62. The van der Waals surface area contributed by atoms with E-state index in [4.69, 9.17) is 5.73 Å². The molecule has 1 aliphatic rings. The summed E-state index contributed by atoms with van der Waals surface area (Å²) in [5.41, 5.74) is 5.73. The first kappa shape index (κ1) is 20.2. The number of carbonyl (C=O) groups is 2. The van der Waals surface area contributed by atoms with E-state index in [0.717, 1.165) is 12.8 Å². The number of hydrogen-bond acceptors (Lipinski definition) is 3. The molecule has 4 N–H and O–H groups in total. The monoisotopic (exact) mass is 319 g/mol. The van der Waals surface area contributed by atoms with Crippen LogP contribution in [0.3, 0.4) is 0 Å². The third-order valence-corrected chi connectivity index (χ3v) is 4.22. The van der Waals surface area contributed by atoms with Crippen molar-refractivity contribution in [1.82, 2.24) is 10.6 Å². The summed E-state index contributed by atoms with van der Waals surface area (Å²) >= 11 is 0. The van der Waals surface area contributed by atoms with Crippen molar-refractivity contribution in [2.24, 2.45) is 17.6 Å². The van der Waals surface area contributed by atoms with Crippen molar-refractivity contribution in [3.8, 4) is 0 Å². The first-order chi connectivity index (χ1) is 9.45. The lowest BCUT2D eigenvalue weighted by Gasteiger charge is -2.31. The van der Waals surface area contributed by atoms with E-state index in [-0.39, 0.29) is 42.7 Å². The van der Waals surface area contributed by atoms with Gasteiger partial charge in [-0.3, -0.25) is 9.59 Å². The Morgan fingerprint density at radius 3 is 2.43 bits per heavy atom. The molecule has 21 heavy (non-hydrogen) atoms. The first-order valence-electron chi connectivity index (χ1n) is 7.78. The average molecular weight is 320 g/mol. The lowest BCUT2D eigenvalue weighted by atomic mass is 9.83. The van der Waals surface area contributed by atoms with Gasteiger partial charge in [-0.2, -0.15) is 0 Å². The van der Waals surface area contributed by atoms with Gasteiger partial charge in [0, 0.05) is 6.04 Å². The summed E-state index contributed by atoms with van der Waals surface area (Å²) in [4.78, 5) is 23.6. The van der Waals surface area contributed by atoms with E-state index < -0.39 is 6.04 Å². The number of nitrogens with one attached hydrogen (secondary N) is 2. The van der Waals surface area contributed by atoms with Crippen LogP contribution in [-0.2, 0) is 9.59 Å². The molecule has 1 fully saturated rings. The zero-order valence-corrected chi connectivity index (χ0v) is 14.2. The van der Waals surface area contributed by atoms with Crippen molar-refractivity contribution < 1.29 is 9.59 Å². The van der Waals surface area contributed by atoms with Gasteiger partial charge in [-0.1, -0.05) is 40.0 Å². The summed E-state index contributed by atoms with van der Waals surface area (Å²) in [6.45, 7) is 5.96. The van der Waals surface area contributed by atoms with Crippen molar-refractivity contribution in [3.05, 3.63) is 0 Å². The van der Waals surface area contributed by atoms with Gasteiger partial charge >= 0.3 is 0 Å². The number of amides is 2. The zero-order valence-electron chi connectivity index (χ0n) is 13.4. The van der Waals surface area contributed by atoms with Crippen LogP contribution in [0.15, 0.2) is 0 Å². The molecule has 1 aliphatic carbocycles. The third-order valence-electron chi connectivity index (χ3n) is 4.22. The zero-order chi connectivity index (χ0) is 15.1. The second-order valence-electron chi connectivity index (χ2n) is 6.11. The Morgan fingerprint density at radius 1 is 1.24 bits per heavy atom. The Hall–Kier alpha value is -0.810. The van der Waals surface area contributed by atoms with Crippen molar-refractivity contribution >= 4 is 24.2 Å². The number of hydrogen-bond donors (Lipinski definition) is 3. The van der Waals surface area contributed by atoms with E-state index in [1.165, 1.54) is 19.3 Å². The minimum Gasteiger partial charge on any atom is -0.352 e. The van der Waals surface area contributed by atoms with Gasteiger partial charge in [-0.25, -0.2) is 0 Å². The smallest absolute Gasteiger partial charge is 0.239 e.